The second-order valence-corrected chi connectivity index (χ2v) is 6.50. The van der Waals surface area contributed by atoms with Gasteiger partial charge < -0.3 is 5.11 Å². The molecule has 1 heterocycles. The van der Waals surface area contributed by atoms with E-state index in [1.165, 1.54) is 77.0 Å². The summed E-state index contributed by atoms with van der Waals surface area (Å²) in [5.74, 6) is 0. The first-order valence-corrected chi connectivity index (χ1v) is 9.45. The van der Waals surface area contributed by atoms with Crippen LogP contribution in [0.15, 0.2) is 24.5 Å². The fourth-order valence-electron chi connectivity index (χ4n) is 2.94. The Hall–Kier alpha value is -0.890. The van der Waals surface area contributed by atoms with Crippen LogP contribution in [0.3, 0.4) is 0 Å². The molecule has 0 spiro atoms. The Morgan fingerprint density at radius 2 is 1.36 bits per heavy atom. The minimum absolute atomic E-state index is 0.138. The Morgan fingerprint density at radius 3 is 1.91 bits per heavy atom. The van der Waals surface area contributed by atoms with Gasteiger partial charge in [-0.2, -0.15) is 0 Å². The number of hydrogen-bond acceptors (Lipinski definition) is 1. The van der Waals surface area contributed by atoms with Gasteiger partial charge in [0.05, 0.1) is 6.61 Å². The summed E-state index contributed by atoms with van der Waals surface area (Å²) in [6.45, 7) is 3.49. The Balaban J connectivity index is 1.87. The zero-order valence-corrected chi connectivity index (χ0v) is 14.6. The van der Waals surface area contributed by atoms with Crippen molar-refractivity contribution in [1.29, 1.82) is 0 Å². The molecule has 0 atom stereocenters. The molecule has 22 heavy (non-hydrogen) atoms. The van der Waals surface area contributed by atoms with Crippen LogP contribution in [0.4, 0.5) is 0 Å². The molecule has 0 aromatic carbocycles. The van der Waals surface area contributed by atoms with Crippen molar-refractivity contribution in [3.63, 3.8) is 0 Å². The van der Waals surface area contributed by atoms with Gasteiger partial charge in [-0.3, -0.25) is 0 Å². The highest BCUT2D eigenvalue weighted by molar-refractivity contribution is 5.02. The summed E-state index contributed by atoms with van der Waals surface area (Å²) >= 11 is 0. The maximum Gasteiger partial charge on any atom is 0.174 e. The molecule has 0 aliphatic carbocycles. The summed E-state index contributed by atoms with van der Waals surface area (Å²) in [5.41, 5.74) is 1.00. The minimum atomic E-state index is 0.138. The lowest BCUT2D eigenvalue weighted by Gasteiger charge is -2.02. The second kappa shape index (κ2) is 13.8. The third-order valence-corrected chi connectivity index (χ3v) is 4.37. The molecule has 0 unspecified atom stereocenters. The third-order valence-electron chi connectivity index (χ3n) is 4.37. The number of aliphatic hydroxyl groups excluding tert-OH is 1. The van der Waals surface area contributed by atoms with Crippen LogP contribution < -0.4 is 4.57 Å². The van der Waals surface area contributed by atoms with Crippen LogP contribution in [0.2, 0.25) is 0 Å². The van der Waals surface area contributed by atoms with E-state index in [1.807, 2.05) is 12.1 Å². The predicted molar refractivity (Wildman–Crippen MR) is 93.6 cm³/mol. The molecule has 0 saturated carbocycles. The first-order chi connectivity index (χ1) is 10.9. The molecule has 1 rings (SSSR count). The van der Waals surface area contributed by atoms with Crippen LogP contribution in [0, 0.1) is 0 Å². The number of rotatable bonds is 14. The van der Waals surface area contributed by atoms with Crippen LogP contribution in [0.5, 0.6) is 0 Å². The van der Waals surface area contributed by atoms with Crippen molar-refractivity contribution in [2.75, 3.05) is 0 Å². The number of aryl methyl sites for hydroxylation is 1. The SMILES string of the molecule is CCCCCCCCCCCCCC[n+]1cccc(CO)c1. The standard InChI is InChI=1S/C20H36NO/c1-2-3-4-5-6-7-8-9-10-11-12-13-16-21-17-14-15-20(18-21)19-22/h14-15,17-18,22H,2-13,16,19H2,1H3/q+1. The van der Waals surface area contributed by atoms with Gasteiger partial charge in [-0.25, -0.2) is 4.57 Å². The second-order valence-electron chi connectivity index (χ2n) is 6.50. The van der Waals surface area contributed by atoms with Crippen molar-refractivity contribution >= 4 is 0 Å². The summed E-state index contributed by atoms with van der Waals surface area (Å²) in [6.07, 6.45) is 20.9. The molecule has 126 valence electrons. The van der Waals surface area contributed by atoms with Gasteiger partial charge in [-0.1, -0.05) is 71.1 Å². The summed E-state index contributed by atoms with van der Waals surface area (Å²) in [5, 5.41) is 9.12. The maximum absolute atomic E-state index is 9.12. The summed E-state index contributed by atoms with van der Waals surface area (Å²) < 4.78 is 2.20. The van der Waals surface area contributed by atoms with Crippen LogP contribution in [0.25, 0.3) is 0 Å². The number of aliphatic hydroxyl groups is 1. The number of hydrogen-bond donors (Lipinski definition) is 1. The van der Waals surface area contributed by atoms with E-state index in [0.29, 0.717) is 0 Å². The molecule has 0 fully saturated rings. The summed E-state index contributed by atoms with van der Waals surface area (Å²) in [7, 11) is 0. The van der Waals surface area contributed by atoms with E-state index >= 15 is 0 Å². The molecule has 1 aromatic heterocycles. The van der Waals surface area contributed by atoms with E-state index in [9.17, 15) is 0 Å². The van der Waals surface area contributed by atoms with E-state index in [0.717, 1.165) is 12.1 Å². The number of pyridine rings is 1. The fraction of sp³-hybridized carbons (Fsp3) is 0.750. The Bertz CT molecular complexity index is 364. The van der Waals surface area contributed by atoms with Crippen molar-refractivity contribution in [2.45, 2.75) is 97.1 Å². The number of unbranched alkanes of at least 4 members (excludes halogenated alkanes) is 11. The van der Waals surface area contributed by atoms with Crippen LogP contribution >= 0.6 is 0 Å². The molecule has 0 amide bonds. The van der Waals surface area contributed by atoms with Gasteiger partial charge in [0.1, 0.15) is 6.54 Å². The van der Waals surface area contributed by atoms with Gasteiger partial charge in [-0.15, -0.1) is 0 Å². The van der Waals surface area contributed by atoms with E-state index in [2.05, 4.69) is 23.9 Å². The molecule has 0 radical (unpaired) electrons. The van der Waals surface area contributed by atoms with Crippen LogP contribution in [0.1, 0.15) is 89.5 Å². The molecule has 0 aliphatic rings. The Morgan fingerprint density at radius 1 is 0.818 bits per heavy atom. The minimum Gasteiger partial charge on any atom is -0.391 e. The smallest absolute Gasteiger partial charge is 0.174 e. The van der Waals surface area contributed by atoms with Gasteiger partial charge in [0.15, 0.2) is 12.4 Å². The molecular weight excluding hydrogens is 270 g/mol. The van der Waals surface area contributed by atoms with Crippen LogP contribution in [-0.2, 0) is 13.2 Å². The molecule has 2 heteroatoms. The Kier molecular flexibility index (Phi) is 12.0. The highest BCUT2D eigenvalue weighted by Gasteiger charge is 2.01. The van der Waals surface area contributed by atoms with Crippen molar-refractivity contribution in [3.05, 3.63) is 30.1 Å². The van der Waals surface area contributed by atoms with Gasteiger partial charge in [-0.05, 0) is 12.5 Å². The topological polar surface area (TPSA) is 24.1 Å². The van der Waals surface area contributed by atoms with Crippen molar-refractivity contribution < 1.29 is 9.67 Å². The van der Waals surface area contributed by atoms with Crippen molar-refractivity contribution in [3.8, 4) is 0 Å². The average molecular weight is 307 g/mol. The number of aromatic nitrogens is 1. The summed E-state index contributed by atoms with van der Waals surface area (Å²) in [4.78, 5) is 0. The quantitative estimate of drug-likeness (QED) is 0.372. The zero-order chi connectivity index (χ0) is 15.9. The first-order valence-electron chi connectivity index (χ1n) is 9.45. The molecule has 1 aromatic rings. The van der Waals surface area contributed by atoms with Gasteiger partial charge in [0.25, 0.3) is 0 Å². The highest BCUT2D eigenvalue weighted by Crippen LogP contribution is 2.11. The third kappa shape index (κ3) is 9.94. The molecule has 0 bridgehead atoms. The molecule has 0 aliphatic heterocycles. The van der Waals surface area contributed by atoms with Crippen molar-refractivity contribution in [1.82, 2.24) is 0 Å². The molecule has 1 N–H and O–H groups in total. The largest absolute Gasteiger partial charge is 0.391 e. The Labute approximate surface area is 137 Å². The van der Waals surface area contributed by atoms with E-state index in [-0.39, 0.29) is 6.61 Å². The van der Waals surface area contributed by atoms with E-state index in [1.54, 1.807) is 0 Å². The zero-order valence-electron chi connectivity index (χ0n) is 14.6. The first kappa shape index (κ1) is 19.2. The average Bonchev–Trinajstić information content (AvgIpc) is 2.56. The van der Waals surface area contributed by atoms with E-state index < -0.39 is 0 Å². The predicted octanol–water partition coefficient (Wildman–Crippen LogP) is 5.17. The lowest BCUT2D eigenvalue weighted by Crippen LogP contribution is -2.33. The van der Waals surface area contributed by atoms with Crippen LogP contribution in [-0.4, -0.2) is 5.11 Å². The van der Waals surface area contributed by atoms with Gasteiger partial charge >= 0.3 is 0 Å². The van der Waals surface area contributed by atoms with Gasteiger partial charge in [0.2, 0.25) is 0 Å². The van der Waals surface area contributed by atoms with E-state index in [4.69, 9.17) is 5.11 Å². The van der Waals surface area contributed by atoms with Gasteiger partial charge in [0, 0.05) is 18.1 Å². The fourth-order valence-corrected chi connectivity index (χ4v) is 2.94. The normalized spacial score (nSPS) is 11.0. The lowest BCUT2D eigenvalue weighted by molar-refractivity contribution is -0.697. The molecule has 2 nitrogen and oxygen atoms in total. The molecular formula is C20H36NO+. The number of nitrogens with zero attached hydrogens (tertiary/aromatic N) is 1. The summed E-state index contributed by atoms with van der Waals surface area (Å²) in [6, 6.07) is 3.99. The monoisotopic (exact) mass is 306 g/mol. The van der Waals surface area contributed by atoms with Crippen molar-refractivity contribution in [2.24, 2.45) is 0 Å². The molecule has 0 saturated heterocycles. The maximum atomic E-state index is 9.12. The highest BCUT2D eigenvalue weighted by atomic mass is 16.3. The lowest BCUT2D eigenvalue weighted by atomic mass is 10.1.